The number of ether oxygens (including phenoxy) is 1. The lowest BCUT2D eigenvalue weighted by Crippen LogP contribution is -2.34. The zero-order valence-corrected chi connectivity index (χ0v) is 12.6. The maximum Gasteiger partial charge on any atom is 0.257 e. The number of hydrogen-bond donors (Lipinski definition) is 2. The predicted molar refractivity (Wildman–Crippen MR) is 80.1 cm³/mol. The first-order valence-corrected chi connectivity index (χ1v) is 7.58. The monoisotopic (exact) mass is 314 g/mol. The number of rotatable bonds is 6. The third kappa shape index (κ3) is 5.52. The summed E-state index contributed by atoms with van der Waals surface area (Å²) >= 11 is 5.82. The number of halogens is 2. The third-order valence-corrected chi connectivity index (χ3v) is 3.82. The van der Waals surface area contributed by atoms with Crippen molar-refractivity contribution in [3.8, 4) is 5.75 Å². The van der Waals surface area contributed by atoms with E-state index in [1.54, 1.807) is 0 Å². The molecule has 1 atom stereocenters. The summed E-state index contributed by atoms with van der Waals surface area (Å²) in [5.74, 6) is 0.313. The van der Waals surface area contributed by atoms with Crippen LogP contribution >= 0.6 is 11.6 Å². The van der Waals surface area contributed by atoms with Crippen LogP contribution in [-0.2, 0) is 4.79 Å². The van der Waals surface area contributed by atoms with Gasteiger partial charge >= 0.3 is 0 Å². The van der Waals surface area contributed by atoms with Crippen LogP contribution < -0.4 is 15.4 Å². The molecule has 1 aromatic carbocycles. The Bertz CT molecular complexity index is 479. The molecule has 2 rings (SSSR count). The molecule has 1 unspecified atom stereocenters. The second-order valence-corrected chi connectivity index (χ2v) is 5.62. The van der Waals surface area contributed by atoms with Gasteiger partial charge in [-0.15, -0.1) is 0 Å². The lowest BCUT2D eigenvalue weighted by Gasteiger charge is -2.22. The SMILES string of the molecule is O=C(COc1ccc(F)cc1Cl)NCCC1CCCNC1. The van der Waals surface area contributed by atoms with Gasteiger partial charge in [-0.1, -0.05) is 11.6 Å². The highest BCUT2D eigenvalue weighted by Gasteiger charge is 2.13. The van der Waals surface area contributed by atoms with Crippen molar-refractivity contribution in [1.82, 2.24) is 10.6 Å². The van der Waals surface area contributed by atoms with Crippen LogP contribution in [0, 0.1) is 11.7 Å². The van der Waals surface area contributed by atoms with E-state index in [0.717, 1.165) is 25.6 Å². The average Bonchev–Trinajstić information content (AvgIpc) is 2.47. The van der Waals surface area contributed by atoms with Crippen molar-refractivity contribution in [3.63, 3.8) is 0 Å². The summed E-state index contributed by atoms with van der Waals surface area (Å²) < 4.78 is 18.1. The van der Waals surface area contributed by atoms with E-state index in [4.69, 9.17) is 16.3 Å². The number of amides is 1. The minimum Gasteiger partial charge on any atom is -0.482 e. The molecule has 6 heteroatoms. The molecular weight excluding hydrogens is 295 g/mol. The number of hydrogen-bond acceptors (Lipinski definition) is 3. The van der Waals surface area contributed by atoms with Crippen molar-refractivity contribution in [2.45, 2.75) is 19.3 Å². The number of carbonyl (C=O) groups is 1. The summed E-state index contributed by atoms with van der Waals surface area (Å²) in [7, 11) is 0. The number of carbonyl (C=O) groups excluding carboxylic acids is 1. The van der Waals surface area contributed by atoms with Crippen LogP contribution in [0.15, 0.2) is 18.2 Å². The van der Waals surface area contributed by atoms with Crippen molar-refractivity contribution in [1.29, 1.82) is 0 Å². The Morgan fingerprint density at radius 1 is 1.52 bits per heavy atom. The van der Waals surface area contributed by atoms with E-state index in [0.29, 0.717) is 18.2 Å². The molecule has 1 fully saturated rings. The van der Waals surface area contributed by atoms with Crippen LogP contribution in [0.4, 0.5) is 4.39 Å². The molecule has 2 N–H and O–H groups in total. The first-order chi connectivity index (χ1) is 10.1. The highest BCUT2D eigenvalue weighted by atomic mass is 35.5. The van der Waals surface area contributed by atoms with Gasteiger partial charge in [0.15, 0.2) is 6.61 Å². The van der Waals surface area contributed by atoms with E-state index in [1.807, 2.05) is 0 Å². The highest BCUT2D eigenvalue weighted by Crippen LogP contribution is 2.24. The molecule has 1 aliphatic heterocycles. The molecule has 0 aliphatic carbocycles. The molecule has 4 nitrogen and oxygen atoms in total. The molecular formula is C15H20ClFN2O2. The van der Waals surface area contributed by atoms with Crippen LogP contribution in [0.5, 0.6) is 5.75 Å². The van der Waals surface area contributed by atoms with E-state index in [1.165, 1.54) is 25.0 Å². The van der Waals surface area contributed by atoms with Crippen molar-refractivity contribution < 1.29 is 13.9 Å². The van der Waals surface area contributed by atoms with Crippen molar-refractivity contribution >= 4 is 17.5 Å². The lowest BCUT2D eigenvalue weighted by atomic mass is 9.96. The fraction of sp³-hybridized carbons (Fsp3) is 0.533. The Hall–Kier alpha value is -1.33. The minimum absolute atomic E-state index is 0.117. The van der Waals surface area contributed by atoms with Gasteiger partial charge in [0.2, 0.25) is 0 Å². The molecule has 21 heavy (non-hydrogen) atoms. The van der Waals surface area contributed by atoms with E-state index in [2.05, 4.69) is 10.6 Å². The molecule has 0 spiro atoms. The Labute approximate surface area is 129 Å². The molecule has 1 heterocycles. The molecule has 116 valence electrons. The normalized spacial score (nSPS) is 18.3. The number of nitrogens with one attached hydrogen (secondary N) is 2. The Morgan fingerprint density at radius 3 is 3.10 bits per heavy atom. The lowest BCUT2D eigenvalue weighted by molar-refractivity contribution is -0.123. The second kappa shape index (κ2) is 8.20. The molecule has 0 radical (unpaired) electrons. The Morgan fingerprint density at radius 2 is 2.38 bits per heavy atom. The van der Waals surface area contributed by atoms with E-state index >= 15 is 0 Å². The van der Waals surface area contributed by atoms with Crippen molar-refractivity contribution in [2.24, 2.45) is 5.92 Å². The molecule has 0 bridgehead atoms. The Kier molecular flexibility index (Phi) is 6.26. The largest absolute Gasteiger partial charge is 0.482 e. The summed E-state index contributed by atoms with van der Waals surface area (Å²) in [6, 6.07) is 3.82. The van der Waals surface area contributed by atoms with Gasteiger partial charge in [-0.25, -0.2) is 4.39 Å². The van der Waals surface area contributed by atoms with E-state index in [-0.39, 0.29) is 17.5 Å². The van der Waals surface area contributed by atoms with Crippen molar-refractivity contribution in [2.75, 3.05) is 26.2 Å². The van der Waals surface area contributed by atoms with E-state index in [9.17, 15) is 9.18 Å². The number of benzene rings is 1. The Balaban J connectivity index is 1.65. The topological polar surface area (TPSA) is 50.4 Å². The average molecular weight is 315 g/mol. The van der Waals surface area contributed by atoms with Gasteiger partial charge in [0.1, 0.15) is 11.6 Å². The quantitative estimate of drug-likeness (QED) is 0.847. The van der Waals surface area contributed by atoms with Crippen LogP contribution in [-0.4, -0.2) is 32.1 Å². The summed E-state index contributed by atoms with van der Waals surface area (Å²) in [6.45, 7) is 2.65. The zero-order valence-electron chi connectivity index (χ0n) is 11.8. The summed E-state index contributed by atoms with van der Waals surface area (Å²) in [5, 5.41) is 6.33. The summed E-state index contributed by atoms with van der Waals surface area (Å²) in [4.78, 5) is 11.7. The molecule has 1 aromatic rings. The van der Waals surface area contributed by atoms with Gasteiger partial charge in [0.25, 0.3) is 5.91 Å². The number of piperidine rings is 1. The fourth-order valence-electron chi connectivity index (χ4n) is 2.37. The van der Waals surface area contributed by atoms with Crippen molar-refractivity contribution in [3.05, 3.63) is 29.0 Å². The first kappa shape index (κ1) is 16.0. The molecule has 1 saturated heterocycles. The highest BCUT2D eigenvalue weighted by molar-refractivity contribution is 6.32. The summed E-state index contributed by atoms with van der Waals surface area (Å²) in [5.41, 5.74) is 0. The van der Waals surface area contributed by atoms with Crippen LogP contribution in [0.2, 0.25) is 5.02 Å². The molecule has 0 aromatic heterocycles. The predicted octanol–water partition coefficient (Wildman–Crippen LogP) is 2.36. The van der Waals surface area contributed by atoms with Gasteiger partial charge < -0.3 is 15.4 Å². The van der Waals surface area contributed by atoms with Gasteiger partial charge in [-0.2, -0.15) is 0 Å². The van der Waals surface area contributed by atoms with Crippen LogP contribution in [0.3, 0.4) is 0 Å². The third-order valence-electron chi connectivity index (χ3n) is 3.53. The van der Waals surface area contributed by atoms with Gasteiger partial charge in [0.05, 0.1) is 5.02 Å². The molecule has 1 amide bonds. The van der Waals surface area contributed by atoms with E-state index < -0.39 is 5.82 Å². The molecule has 1 aliphatic rings. The second-order valence-electron chi connectivity index (χ2n) is 5.21. The van der Waals surface area contributed by atoms with Crippen LogP contribution in [0.25, 0.3) is 0 Å². The smallest absolute Gasteiger partial charge is 0.257 e. The molecule has 0 saturated carbocycles. The first-order valence-electron chi connectivity index (χ1n) is 7.20. The van der Waals surface area contributed by atoms with Crippen LogP contribution in [0.1, 0.15) is 19.3 Å². The van der Waals surface area contributed by atoms with Gasteiger partial charge in [-0.05, 0) is 56.5 Å². The minimum atomic E-state index is -0.433. The maximum atomic E-state index is 12.9. The summed E-state index contributed by atoms with van der Waals surface area (Å²) in [6.07, 6.45) is 3.38. The van der Waals surface area contributed by atoms with Gasteiger partial charge in [0, 0.05) is 6.54 Å². The maximum absolute atomic E-state index is 12.9. The fourth-order valence-corrected chi connectivity index (χ4v) is 2.59. The zero-order chi connectivity index (χ0) is 15.1. The van der Waals surface area contributed by atoms with Gasteiger partial charge in [-0.3, -0.25) is 4.79 Å². The standard InChI is InChI=1S/C15H20ClFN2O2/c16-13-8-12(17)3-4-14(13)21-10-15(20)19-7-5-11-2-1-6-18-9-11/h3-4,8,11,18H,1-2,5-7,9-10H2,(H,19,20).